The zero-order chi connectivity index (χ0) is 34.9. The minimum absolute atomic E-state index is 0.0372. The third kappa shape index (κ3) is 12.8. The Labute approximate surface area is 278 Å². The number of terminal acetylenes is 1. The van der Waals surface area contributed by atoms with Crippen molar-refractivity contribution in [3.05, 3.63) is 24.3 Å². The Kier molecular flexibility index (Phi) is 16.5. The summed E-state index contributed by atoms with van der Waals surface area (Å²) in [5.74, 6) is -1.86. The van der Waals surface area contributed by atoms with Crippen LogP contribution >= 0.6 is 0 Å². The number of amides is 5. The van der Waals surface area contributed by atoms with Gasteiger partial charge in [0.1, 0.15) is 23.8 Å². The van der Waals surface area contributed by atoms with Gasteiger partial charge in [-0.3, -0.25) is 33.8 Å². The summed E-state index contributed by atoms with van der Waals surface area (Å²) in [4.78, 5) is 86.9. The van der Waals surface area contributed by atoms with Crippen molar-refractivity contribution in [1.82, 2.24) is 36.6 Å². The number of hydrogen-bond donors (Lipinski definition) is 5. The summed E-state index contributed by atoms with van der Waals surface area (Å²) in [5.41, 5.74) is 0.0548. The summed E-state index contributed by atoms with van der Waals surface area (Å²) >= 11 is 0. The number of rotatable bonds is 18. The maximum Gasteiger partial charge on any atom is 0.290 e. The third-order valence-corrected chi connectivity index (χ3v) is 8.46. The molecule has 1 fully saturated rings. The molecule has 47 heavy (non-hydrogen) atoms. The van der Waals surface area contributed by atoms with Gasteiger partial charge in [-0.15, -0.1) is 6.42 Å². The van der Waals surface area contributed by atoms with E-state index in [1.165, 1.54) is 18.6 Å². The van der Waals surface area contributed by atoms with Gasteiger partial charge in [0.2, 0.25) is 23.5 Å². The van der Waals surface area contributed by atoms with E-state index in [1.54, 1.807) is 6.92 Å². The fraction of sp³-hybridized carbons (Fsp3) is 0.647. The predicted molar refractivity (Wildman–Crippen MR) is 176 cm³/mol. The Morgan fingerprint density at radius 3 is 2.09 bits per heavy atom. The van der Waals surface area contributed by atoms with E-state index in [0.717, 1.165) is 32.1 Å². The number of nitrogens with zero attached hydrogens (tertiary/aromatic N) is 2. The Hall–Kier alpha value is -4.34. The molecule has 0 spiro atoms. The molecule has 5 atom stereocenters. The van der Waals surface area contributed by atoms with Crippen molar-refractivity contribution in [2.75, 3.05) is 6.54 Å². The predicted octanol–water partition coefficient (Wildman–Crippen LogP) is 1.82. The first kappa shape index (κ1) is 38.8. The lowest BCUT2D eigenvalue weighted by Gasteiger charge is -2.31. The lowest BCUT2D eigenvalue weighted by Crippen LogP contribution is -2.60. The van der Waals surface area contributed by atoms with Gasteiger partial charge in [-0.1, -0.05) is 79.1 Å². The maximum absolute atomic E-state index is 13.9. The standard InChI is InChI=1S/C34H51N7O6/c1-7-15-37-34(47)29(42)24(9-3)38-30(43)26(19-23-13-11-10-12-14-23)40-33(46)28(22(6)8-2)41-31(44)25(18-21(4)5)39-32(45)27-20-35-16-17-36-27/h1,16-17,20-26,28H,8-15,18-19H2,2-6H3,(H,37,47)(H,38,43)(H,39,45)(H,40,46)(H,41,44)/t22-,24-,25-,26-,28-/m0/s1. The number of nitrogens with one attached hydrogen (secondary N) is 5. The number of ketones is 1. The van der Waals surface area contributed by atoms with Crippen LogP contribution in [0.1, 0.15) is 103 Å². The average molecular weight is 654 g/mol. The summed E-state index contributed by atoms with van der Waals surface area (Å²) in [7, 11) is 0. The normalized spacial score (nSPS) is 16.4. The van der Waals surface area contributed by atoms with Crippen LogP contribution in [0.15, 0.2) is 18.6 Å². The summed E-state index contributed by atoms with van der Waals surface area (Å²) in [6, 6.07) is -4.09. The number of aromatic nitrogens is 2. The van der Waals surface area contributed by atoms with E-state index in [9.17, 15) is 28.8 Å². The Bertz CT molecular complexity index is 1260. The van der Waals surface area contributed by atoms with E-state index in [-0.39, 0.29) is 36.4 Å². The second-order valence-corrected chi connectivity index (χ2v) is 12.6. The topological polar surface area (TPSA) is 188 Å². The Morgan fingerprint density at radius 2 is 1.51 bits per heavy atom. The molecular formula is C34H51N7O6. The third-order valence-electron chi connectivity index (χ3n) is 8.46. The van der Waals surface area contributed by atoms with Crippen LogP contribution in [0.2, 0.25) is 0 Å². The van der Waals surface area contributed by atoms with Crippen LogP contribution in [-0.4, -0.2) is 76.0 Å². The van der Waals surface area contributed by atoms with Crippen molar-refractivity contribution >= 4 is 35.3 Å². The SMILES string of the molecule is C#CCNC(=O)C(=O)[C@H](CC)NC(=O)[C@H](CC1CCCCC1)NC(=O)[C@@H](NC(=O)[C@H](CC(C)C)NC(=O)c1cnccn1)[C@@H](C)CC. The van der Waals surface area contributed by atoms with Crippen LogP contribution in [0.3, 0.4) is 0 Å². The highest BCUT2D eigenvalue weighted by Gasteiger charge is 2.35. The maximum atomic E-state index is 13.9. The minimum atomic E-state index is -1.11. The van der Waals surface area contributed by atoms with E-state index in [1.807, 2.05) is 27.7 Å². The van der Waals surface area contributed by atoms with Crippen LogP contribution in [0.25, 0.3) is 0 Å². The molecule has 1 aromatic heterocycles. The fourth-order valence-corrected chi connectivity index (χ4v) is 5.56. The van der Waals surface area contributed by atoms with Gasteiger partial charge in [-0.2, -0.15) is 0 Å². The smallest absolute Gasteiger partial charge is 0.290 e. The summed E-state index contributed by atoms with van der Waals surface area (Å²) in [6.07, 6.45) is 15.6. The molecule has 0 radical (unpaired) electrons. The second kappa shape index (κ2) is 20.0. The highest BCUT2D eigenvalue weighted by molar-refractivity contribution is 6.38. The van der Waals surface area contributed by atoms with Crippen molar-refractivity contribution < 1.29 is 28.8 Å². The van der Waals surface area contributed by atoms with E-state index in [4.69, 9.17) is 6.42 Å². The van der Waals surface area contributed by atoms with Crippen molar-refractivity contribution in [1.29, 1.82) is 0 Å². The highest BCUT2D eigenvalue weighted by atomic mass is 16.2. The molecule has 0 unspecified atom stereocenters. The van der Waals surface area contributed by atoms with Crippen molar-refractivity contribution in [3.63, 3.8) is 0 Å². The van der Waals surface area contributed by atoms with E-state index in [2.05, 4.69) is 42.5 Å². The summed E-state index contributed by atoms with van der Waals surface area (Å²) < 4.78 is 0. The fourth-order valence-electron chi connectivity index (χ4n) is 5.56. The average Bonchev–Trinajstić information content (AvgIpc) is 3.07. The van der Waals surface area contributed by atoms with Crippen LogP contribution in [0.4, 0.5) is 0 Å². The molecule has 0 aliphatic heterocycles. The van der Waals surface area contributed by atoms with Crippen LogP contribution in [0.5, 0.6) is 0 Å². The quantitative estimate of drug-likeness (QED) is 0.117. The number of carbonyl (C=O) groups excluding carboxylic acids is 6. The molecule has 1 saturated carbocycles. The molecule has 2 rings (SSSR count). The van der Waals surface area contributed by atoms with E-state index < -0.39 is 59.5 Å². The minimum Gasteiger partial charge on any atom is -0.344 e. The largest absolute Gasteiger partial charge is 0.344 e. The van der Waals surface area contributed by atoms with E-state index >= 15 is 0 Å². The molecule has 5 amide bonds. The van der Waals surface area contributed by atoms with Crippen molar-refractivity contribution in [2.24, 2.45) is 17.8 Å². The first-order valence-corrected chi connectivity index (χ1v) is 16.6. The van der Waals surface area contributed by atoms with Gasteiger partial charge in [-0.25, -0.2) is 4.98 Å². The lowest BCUT2D eigenvalue weighted by molar-refractivity contribution is -0.140. The van der Waals surface area contributed by atoms with Gasteiger partial charge in [0.05, 0.1) is 18.8 Å². The van der Waals surface area contributed by atoms with Gasteiger partial charge in [-0.05, 0) is 37.0 Å². The van der Waals surface area contributed by atoms with Crippen LogP contribution in [-0.2, 0) is 24.0 Å². The molecule has 1 aliphatic rings. The van der Waals surface area contributed by atoms with Gasteiger partial charge in [0, 0.05) is 12.4 Å². The Morgan fingerprint density at radius 1 is 0.851 bits per heavy atom. The monoisotopic (exact) mass is 653 g/mol. The molecule has 13 heteroatoms. The van der Waals surface area contributed by atoms with Crippen molar-refractivity contribution in [3.8, 4) is 12.3 Å². The Balaban J connectivity index is 2.27. The summed E-state index contributed by atoms with van der Waals surface area (Å²) in [5, 5.41) is 13.4. The zero-order valence-electron chi connectivity index (χ0n) is 28.3. The molecule has 258 valence electrons. The summed E-state index contributed by atoms with van der Waals surface area (Å²) in [6.45, 7) is 9.06. The van der Waals surface area contributed by atoms with E-state index in [0.29, 0.717) is 19.3 Å². The first-order chi connectivity index (χ1) is 22.4. The number of carbonyl (C=O) groups is 6. The molecule has 1 aliphatic carbocycles. The lowest BCUT2D eigenvalue weighted by atomic mass is 9.84. The molecule has 13 nitrogen and oxygen atoms in total. The molecule has 0 saturated heterocycles. The van der Waals surface area contributed by atoms with Crippen LogP contribution in [0, 0.1) is 30.1 Å². The van der Waals surface area contributed by atoms with Gasteiger partial charge in [0.25, 0.3) is 11.8 Å². The van der Waals surface area contributed by atoms with Gasteiger partial charge in [0.15, 0.2) is 0 Å². The van der Waals surface area contributed by atoms with Gasteiger partial charge < -0.3 is 26.6 Å². The molecule has 0 aromatic carbocycles. The molecule has 5 N–H and O–H groups in total. The van der Waals surface area contributed by atoms with Gasteiger partial charge >= 0.3 is 0 Å². The number of hydrogen-bond acceptors (Lipinski definition) is 8. The first-order valence-electron chi connectivity index (χ1n) is 16.6. The molecule has 1 aromatic rings. The highest BCUT2D eigenvalue weighted by Crippen LogP contribution is 2.27. The molecule has 1 heterocycles. The molecular weight excluding hydrogens is 602 g/mol. The zero-order valence-corrected chi connectivity index (χ0v) is 28.3. The van der Waals surface area contributed by atoms with Crippen LogP contribution < -0.4 is 26.6 Å². The second-order valence-electron chi connectivity index (χ2n) is 12.6. The van der Waals surface area contributed by atoms with Crippen molar-refractivity contribution in [2.45, 2.75) is 117 Å². The number of Topliss-reactive ketones (excluding diaryl/α,β-unsaturated/α-hetero) is 1. The molecule has 0 bridgehead atoms.